The van der Waals surface area contributed by atoms with Gasteiger partial charge in [-0.05, 0) is 49.9 Å². The number of hydrogen-bond acceptors (Lipinski definition) is 5. The maximum atomic E-state index is 9.07. The second kappa shape index (κ2) is 7.06. The van der Waals surface area contributed by atoms with Crippen LogP contribution >= 0.6 is 0 Å². The molecule has 25 heavy (non-hydrogen) atoms. The van der Waals surface area contributed by atoms with Crippen molar-refractivity contribution >= 4 is 22.5 Å². The van der Waals surface area contributed by atoms with Gasteiger partial charge in [0, 0.05) is 31.2 Å². The molecule has 134 valence electrons. The quantitative estimate of drug-likeness (QED) is 0.780. The van der Waals surface area contributed by atoms with Gasteiger partial charge >= 0.3 is 0 Å². The van der Waals surface area contributed by atoms with Crippen molar-refractivity contribution in [3.05, 3.63) is 29.5 Å². The second-order valence-corrected chi connectivity index (χ2v) is 6.90. The highest BCUT2D eigenvalue weighted by Crippen LogP contribution is 2.29. The van der Waals surface area contributed by atoms with Gasteiger partial charge in [-0.25, -0.2) is 4.99 Å². The minimum Gasteiger partial charge on any atom is -0.474 e. The van der Waals surface area contributed by atoms with Crippen molar-refractivity contribution in [2.45, 2.75) is 38.3 Å². The summed E-state index contributed by atoms with van der Waals surface area (Å²) in [5.74, 6) is 0.643. The Morgan fingerprint density at radius 2 is 2.12 bits per heavy atom. The van der Waals surface area contributed by atoms with E-state index in [1.54, 1.807) is 0 Å². The lowest BCUT2D eigenvalue weighted by Crippen LogP contribution is -2.27. The molecule has 0 spiro atoms. The summed E-state index contributed by atoms with van der Waals surface area (Å²) in [6.07, 6.45) is 2.70. The number of rotatable bonds is 5. The standard InChI is InChI=1S/C19H25N3O3/c1-12-8-13-10-17(19-21-15(2-5-23)11-25-19)22-18(13)16(9-12)20-14-3-6-24-7-4-14/h8-10,14-15,20,22-23H,2-7,11H2,1H3/t15-/m1/s1. The number of benzene rings is 1. The SMILES string of the molecule is Cc1cc(NC2CCOCC2)c2[nH]c(C3=N[C@H](CCO)CO3)cc2c1. The number of aliphatic hydroxyl groups excluding tert-OH is 1. The number of fused-ring (bicyclic) bond motifs is 1. The first-order valence-electron chi connectivity index (χ1n) is 9.02. The summed E-state index contributed by atoms with van der Waals surface area (Å²) in [7, 11) is 0. The zero-order chi connectivity index (χ0) is 17.2. The third kappa shape index (κ3) is 3.50. The summed E-state index contributed by atoms with van der Waals surface area (Å²) < 4.78 is 11.2. The topological polar surface area (TPSA) is 78.9 Å². The Hall–Kier alpha value is -2.05. The Labute approximate surface area is 147 Å². The highest BCUT2D eigenvalue weighted by atomic mass is 16.5. The molecular weight excluding hydrogens is 318 g/mol. The number of aromatic nitrogens is 1. The van der Waals surface area contributed by atoms with Crippen LogP contribution in [0.4, 0.5) is 5.69 Å². The van der Waals surface area contributed by atoms with Crippen LogP contribution in [-0.4, -0.2) is 54.5 Å². The Bertz CT molecular complexity index is 778. The van der Waals surface area contributed by atoms with Crippen molar-refractivity contribution in [3.8, 4) is 0 Å². The monoisotopic (exact) mass is 343 g/mol. The number of ether oxygens (including phenoxy) is 2. The molecule has 0 aliphatic carbocycles. The van der Waals surface area contributed by atoms with Crippen LogP contribution < -0.4 is 5.32 Å². The lowest BCUT2D eigenvalue weighted by atomic mass is 10.1. The fourth-order valence-electron chi connectivity index (χ4n) is 3.54. The molecule has 2 aliphatic heterocycles. The van der Waals surface area contributed by atoms with Gasteiger partial charge in [0.2, 0.25) is 5.90 Å². The van der Waals surface area contributed by atoms with Gasteiger partial charge in [0.15, 0.2) is 0 Å². The van der Waals surface area contributed by atoms with Crippen molar-refractivity contribution in [1.29, 1.82) is 0 Å². The second-order valence-electron chi connectivity index (χ2n) is 6.90. The van der Waals surface area contributed by atoms with E-state index in [1.165, 1.54) is 5.56 Å². The zero-order valence-corrected chi connectivity index (χ0v) is 14.5. The van der Waals surface area contributed by atoms with Crippen molar-refractivity contribution in [1.82, 2.24) is 4.98 Å². The van der Waals surface area contributed by atoms with Gasteiger partial charge in [0.05, 0.1) is 17.2 Å². The summed E-state index contributed by atoms with van der Waals surface area (Å²) in [5, 5.41) is 13.9. The molecule has 0 unspecified atom stereocenters. The molecular formula is C19H25N3O3. The van der Waals surface area contributed by atoms with Gasteiger partial charge in [-0.15, -0.1) is 0 Å². The number of nitrogens with zero attached hydrogens (tertiary/aromatic N) is 1. The van der Waals surface area contributed by atoms with Gasteiger partial charge in [-0.2, -0.15) is 0 Å². The third-order valence-corrected chi connectivity index (χ3v) is 4.86. The highest BCUT2D eigenvalue weighted by molar-refractivity contribution is 6.02. The number of aliphatic hydroxyl groups is 1. The fraction of sp³-hybridized carbons (Fsp3) is 0.526. The van der Waals surface area contributed by atoms with Crippen LogP contribution in [0.5, 0.6) is 0 Å². The summed E-state index contributed by atoms with van der Waals surface area (Å²) in [4.78, 5) is 8.05. The van der Waals surface area contributed by atoms with Crippen LogP contribution in [0.2, 0.25) is 0 Å². The maximum Gasteiger partial charge on any atom is 0.233 e. The molecule has 4 rings (SSSR count). The maximum absolute atomic E-state index is 9.07. The first-order valence-corrected chi connectivity index (χ1v) is 9.02. The van der Waals surface area contributed by atoms with Crippen LogP contribution in [-0.2, 0) is 9.47 Å². The van der Waals surface area contributed by atoms with E-state index in [0.717, 1.165) is 48.3 Å². The molecule has 0 saturated carbocycles. The van der Waals surface area contributed by atoms with E-state index in [0.29, 0.717) is 25.0 Å². The van der Waals surface area contributed by atoms with Crippen molar-refractivity contribution in [3.63, 3.8) is 0 Å². The third-order valence-electron chi connectivity index (χ3n) is 4.86. The van der Waals surface area contributed by atoms with E-state index in [1.807, 2.05) is 0 Å². The largest absolute Gasteiger partial charge is 0.474 e. The minimum atomic E-state index is 0.0491. The molecule has 3 N–H and O–H groups in total. The summed E-state index contributed by atoms with van der Waals surface area (Å²) >= 11 is 0. The van der Waals surface area contributed by atoms with Crippen LogP contribution in [0.25, 0.3) is 10.9 Å². The van der Waals surface area contributed by atoms with Gasteiger partial charge in [0.25, 0.3) is 0 Å². The summed E-state index contributed by atoms with van der Waals surface area (Å²) in [5.41, 5.74) is 4.33. The normalized spacial score (nSPS) is 21.4. The highest BCUT2D eigenvalue weighted by Gasteiger charge is 2.22. The Kier molecular flexibility index (Phi) is 4.63. The number of hydrogen-bond donors (Lipinski definition) is 3. The Morgan fingerprint density at radius 3 is 2.92 bits per heavy atom. The minimum absolute atomic E-state index is 0.0491. The predicted molar refractivity (Wildman–Crippen MR) is 98.5 cm³/mol. The van der Waals surface area contributed by atoms with E-state index in [-0.39, 0.29) is 12.6 Å². The number of H-pyrrole nitrogens is 1. The molecule has 0 bridgehead atoms. The number of aromatic amines is 1. The average Bonchev–Trinajstić information content (AvgIpc) is 3.23. The van der Waals surface area contributed by atoms with Crippen molar-refractivity contribution in [2.75, 3.05) is 31.7 Å². The molecule has 1 saturated heterocycles. The van der Waals surface area contributed by atoms with Crippen LogP contribution in [0.3, 0.4) is 0 Å². The number of aliphatic imine (C=N–C) groups is 1. The van der Waals surface area contributed by atoms with Crippen molar-refractivity contribution in [2.24, 2.45) is 4.99 Å². The molecule has 1 aromatic heterocycles. The van der Waals surface area contributed by atoms with E-state index >= 15 is 0 Å². The fourth-order valence-corrected chi connectivity index (χ4v) is 3.54. The smallest absolute Gasteiger partial charge is 0.233 e. The molecule has 2 aliphatic rings. The van der Waals surface area contributed by atoms with Gasteiger partial charge in [0.1, 0.15) is 12.3 Å². The molecule has 2 aromatic rings. The van der Waals surface area contributed by atoms with E-state index in [9.17, 15) is 0 Å². The molecule has 3 heterocycles. The first-order chi connectivity index (χ1) is 12.2. The molecule has 0 amide bonds. The molecule has 1 fully saturated rings. The van der Waals surface area contributed by atoms with Crippen LogP contribution in [0, 0.1) is 6.92 Å². The van der Waals surface area contributed by atoms with Crippen LogP contribution in [0.15, 0.2) is 23.2 Å². The lowest BCUT2D eigenvalue weighted by Gasteiger charge is -2.24. The lowest BCUT2D eigenvalue weighted by molar-refractivity contribution is 0.0905. The average molecular weight is 343 g/mol. The van der Waals surface area contributed by atoms with Gasteiger partial charge < -0.3 is 24.9 Å². The Balaban J connectivity index is 1.63. The van der Waals surface area contributed by atoms with E-state index in [2.05, 4.69) is 40.4 Å². The first kappa shape index (κ1) is 16.4. The zero-order valence-electron chi connectivity index (χ0n) is 14.5. The van der Waals surface area contributed by atoms with Crippen LogP contribution in [0.1, 0.15) is 30.5 Å². The van der Waals surface area contributed by atoms with Crippen molar-refractivity contribution < 1.29 is 14.6 Å². The number of nitrogens with one attached hydrogen (secondary N) is 2. The molecule has 1 atom stereocenters. The molecule has 6 heteroatoms. The summed E-state index contributed by atoms with van der Waals surface area (Å²) in [6.45, 7) is 4.43. The summed E-state index contributed by atoms with van der Waals surface area (Å²) in [6, 6.07) is 6.94. The Morgan fingerprint density at radius 1 is 1.28 bits per heavy atom. The molecule has 0 radical (unpaired) electrons. The van der Waals surface area contributed by atoms with E-state index < -0.39 is 0 Å². The predicted octanol–water partition coefficient (Wildman–Crippen LogP) is 2.60. The van der Waals surface area contributed by atoms with Gasteiger partial charge in [-0.1, -0.05) is 0 Å². The molecule has 6 nitrogen and oxygen atoms in total. The van der Waals surface area contributed by atoms with Gasteiger partial charge in [-0.3, -0.25) is 0 Å². The molecule has 1 aromatic carbocycles. The number of anilines is 1. The van der Waals surface area contributed by atoms with E-state index in [4.69, 9.17) is 14.6 Å². The number of aryl methyl sites for hydroxylation is 1.